The summed E-state index contributed by atoms with van der Waals surface area (Å²) in [5.41, 5.74) is 1.71. The number of Topliss-reactive ketones (excluding diaryl/α,β-unsaturated/α-hetero) is 1. The summed E-state index contributed by atoms with van der Waals surface area (Å²) in [6.07, 6.45) is 7.88. The molecule has 0 aromatic heterocycles. The number of hydrogen-bond donors (Lipinski definition) is 1. The molecule has 0 saturated carbocycles. The zero-order valence-electron chi connectivity index (χ0n) is 10.3. The highest BCUT2D eigenvalue weighted by molar-refractivity contribution is 5.99. The van der Waals surface area contributed by atoms with E-state index in [1.54, 1.807) is 25.2 Å². The van der Waals surface area contributed by atoms with Crippen molar-refractivity contribution in [3.63, 3.8) is 0 Å². The maximum Gasteiger partial charge on any atom is 0.332 e. The van der Waals surface area contributed by atoms with Crippen molar-refractivity contribution in [1.82, 2.24) is 0 Å². The lowest BCUT2D eigenvalue weighted by atomic mass is 10.0. The quantitative estimate of drug-likeness (QED) is 0.795. The Hall–Kier alpha value is -1.64. The van der Waals surface area contributed by atoms with Crippen LogP contribution in [0.3, 0.4) is 0 Å². The zero-order chi connectivity index (χ0) is 12.8. The van der Waals surface area contributed by atoms with Crippen LogP contribution in [0.5, 0.6) is 0 Å². The topological polar surface area (TPSA) is 54.4 Å². The van der Waals surface area contributed by atoms with Crippen LogP contribution >= 0.6 is 0 Å². The van der Waals surface area contributed by atoms with E-state index in [0.717, 1.165) is 12.8 Å². The molecule has 1 N–H and O–H groups in total. The normalized spacial score (nSPS) is 15.5. The van der Waals surface area contributed by atoms with E-state index in [2.05, 4.69) is 0 Å². The van der Waals surface area contributed by atoms with Crippen molar-refractivity contribution in [1.29, 1.82) is 0 Å². The molecule has 0 fully saturated rings. The van der Waals surface area contributed by atoms with E-state index in [-0.39, 0.29) is 5.78 Å². The van der Waals surface area contributed by atoms with Crippen molar-refractivity contribution in [2.24, 2.45) is 0 Å². The summed E-state index contributed by atoms with van der Waals surface area (Å²) in [4.78, 5) is 22.8. The fraction of sp³-hybridized carbons (Fsp3) is 0.429. The summed E-state index contributed by atoms with van der Waals surface area (Å²) >= 11 is 0. The molecule has 1 rings (SSSR count). The first kappa shape index (κ1) is 13.4. The molecule has 3 nitrogen and oxygen atoms in total. The number of allylic oxidation sites excluding steroid dienone is 5. The number of aliphatic carboxylic acids is 1. The van der Waals surface area contributed by atoms with Gasteiger partial charge in [0.25, 0.3) is 0 Å². The summed E-state index contributed by atoms with van der Waals surface area (Å²) in [5.74, 6) is -0.812. The molecule has 1 aliphatic rings. The molecule has 0 heterocycles. The highest BCUT2D eigenvalue weighted by Gasteiger charge is 2.14. The maximum atomic E-state index is 11.8. The second-order valence-electron chi connectivity index (χ2n) is 4.19. The van der Waals surface area contributed by atoms with Crippen LogP contribution < -0.4 is 0 Å². The van der Waals surface area contributed by atoms with Gasteiger partial charge in [-0.1, -0.05) is 31.6 Å². The minimum Gasteiger partial charge on any atom is -0.478 e. The van der Waals surface area contributed by atoms with Crippen LogP contribution in [0.1, 0.15) is 39.5 Å². The fourth-order valence-electron chi connectivity index (χ4n) is 1.70. The maximum absolute atomic E-state index is 11.8. The van der Waals surface area contributed by atoms with Gasteiger partial charge in [0, 0.05) is 17.6 Å². The Balaban J connectivity index is 2.80. The number of carboxylic acids is 1. The first-order chi connectivity index (χ1) is 8.06. The Morgan fingerprint density at radius 2 is 2.06 bits per heavy atom. The Kier molecular flexibility index (Phi) is 4.88. The fourth-order valence-corrected chi connectivity index (χ4v) is 1.70. The van der Waals surface area contributed by atoms with Gasteiger partial charge in [0.15, 0.2) is 5.78 Å². The number of ketones is 1. The molecule has 0 saturated heterocycles. The smallest absolute Gasteiger partial charge is 0.332 e. The lowest BCUT2D eigenvalue weighted by molar-refractivity contribution is -0.132. The highest BCUT2D eigenvalue weighted by atomic mass is 16.4. The number of carbonyl (C=O) groups excluding carboxylic acids is 1. The highest BCUT2D eigenvalue weighted by Crippen LogP contribution is 2.19. The molecule has 0 amide bonds. The molecule has 0 atom stereocenters. The van der Waals surface area contributed by atoms with E-state index in [9.17, 15) is 9.59 Å². The van der Waals surface area contributed by atoms with Gasteiger partial charge in [0.1, 0.15) is 0 Å². The van der Waals surface area contributed by atoms with E-state index in [1.165, 1.54) is 0 Å². The molecule has 3 heteroatoms. The molecule has 0 aromatic rings. The average Bonchev–Trinajstić information content (AvgIpc) is 2.48. The van der Waals surface area contributed by atoms with Crippen LogP contribution in [-0.2, 0) is 9.59 Å². The van der Waals surface area contributed by atoms with Crippen molar-refractivity contribution in [2.45, 2.75) is 39.5 Å². The van der Waals surface area contributed by atoms with Crippen molar-refractivity contribution in [2.75, 3.05) is 0 Å². The predicted molar refractivity (Wildman–Crippen MR) is 66.7 cm³/mol. The summed E-state index contributed by atoms with van der Waals surface area (Å²) in [6.45, 7) is 3.80. The van der Waals surface area contributed by atoms with Gasteiger partial charge in [-0.05, 0) is 25.3 Å². The second-order valence-corrected chi connectivity index (χ2v) is 4.19. The molecule has 0 spiro atoms. The largest absolute Gasteiger partial charge is 0.478 e. The number of hydrogen-bond acceptors (Lipinski definition) is 2. The third-order valence-electron chi connectivity index (χ3n) is 2.85. The zero-order valence-corrected chi connectivity index (χ0v) is 10.3. The van der Waals surface area contributed by atoms with Crippen molar-refractivity contribution >= 4 is 11.8 Å². The number of carbonyl (C=O) groups is 2. The van der Waals surface area contributed by atoms with Crippen molar-refractivity contribution in [3.05, 3.63) is 34.9 Å². The van der Waals surface area contributed by atoms with Gasteiger partial charge < -0.3 is 5.11 Å². The van der Waals surface area contributed by atoms with Crippen molar-refractivity contribution < 1.29 is 14.7 Å². The monoisotopic (exact) mass is 234 g/mol. The molecule has 0 bridgehead atoms. The lowest BCUT2D eigenvalue weighted by Gasteiger charge is -2.00. The van der Waals surface area contributed by atoms with Crippen LogP contribution in [0.4, 0.5) is 0 Å². The predicted octanol–water partition coefficient (Wildman–Crippen LogP) is 3.03. The van der Waals surface area contributed by atoms with Crippen LogP contribution in [0.2, 0.25) is 0 Å². The van der Waals surface area contributed by atoms with Crippen LogP contribution in [0.25, 0.3) is 0 Å². The molecule has 0 aromatic carbocycles. The Bertz CT molecular complexity index is 411. The van der Waals surface area contributed by atoms with E-state index in [4.69, 9.17) is 5.11 Å². The molecule has 0 unspecified atom stereocenters. The van der Waals surface area contributed by atoms with Gasteiger partial charge in [-0.15, -0.1) is 0 Å². The van der Waals surface area contributed by atoms with E-state index < -0.39 is 5.97 Å². The average molecular weight is 234 g/mol. The van der Waals surface area contributed by atoms with Gasteiger partial charge in [-0.3, -0.25) is 4.79 Å². The third-order valence-corrected chi connectivity index (χ3v) is 2.85. The Morgan fingerprint density at radius 1 is 1.35 bits per heavy atom. The summed E-state index contributed by atoms with van der Waals surface area (Å²) < 4.78 is 0. The standard InChI is InChI=1S/C14H18O3/c1-3-4-5-13(15)11-7-6-10(2)12(9-8-11)14(16)17/h6-8H,3-5,9H2,1-2H3,(H,16,17). The molecule has 1 aliphatic carbocycles. The SMILES string of the molecule is CCCCC(=O)C1=CCC(C(=O)O)=C(C)C=C1. The van der Waals surface area contributed by atoms with E-state index in [0.29, 0.717) is 29.6 Å². The van der Waals surface area contributed by atoms with Crippen LogP contribution in [0.15, 0.2) is 34.9 Å². The number of carboxylic acid groups (broad SMARTS) is 1. The van der Waals surface area contributed by atoms with Gasteiger partial charge in [0.2, 0.25) is 0 Å². The van der Waals surface area contributed by atoms with Gasteiger partial charge in [0.05, 0.1) is 0 Å². The summed E-state index contributed by atoms with van der Waals surface area (Å²) in [6, 6.07) is 0. The summed E-state index contributed by atoms with van der Waals surface area (Å²) in [5, 5.41) is 8.99. The van der Waals surface area contributed by atoms with Gasteiger partial charge in [-0.25, -0.2) is 4.79 Å². The molecule has 92 valence electrons. The third kappa shape index (κ3) is 3.70. The Morgan fingerprint density at radius 3 is 2.65 bits per heavy atom. The molecular weight excluding hydrogens is 216 g/mol. The molecule has 17 heavy (non-hydrogen) atoms. The van der Waals surface area contributed by atoms with Crippen LogP contribution in [0, 0.1) is 0 Å². The second kappa shape index (κ2) is 6.18. The minimum atomic E-state index is -0.911. The van der Waals surface area contributed by atoms with E-state index in [1.807, 2.05) is 6.92 Å². The first-order valence-corrected chi connectivity index (χ1v) is 5.90. The molecule has 0 aliphatic heterocycles. The first-order valence-electron chi connectivity index (χ1n) is 5.90. The van der Waals surface area contributed by atoms with Gasteiger partial charge >= 0.3 is 5.97 Å². The summed E-state index contributed by atoms with van der Waals surface area (Å²) in [7, 11) is 0. The molecular formula is C14H18O3. The van der Waals surface area contributed by atoms with E-state index >= 15 is 0 Å². The minimum absolute atomic E-state index is 0.0996. The molecule has 0 radical (unpaired) electrons. The lowest BCUT2D eigenvalue weighted by Crippen LogP contribution is -2.02. The van der Waals surface area contributed by atoms with Crippen LogP contribution in [-0.4, -0.2) is 16.9 Å². The Labute approximate surface area is 102 Å². The number of rotatable bonds is 5. The van der Waals surface area contributed by atoms with Crippen molar-refractivity contribution in [3.8, 4) is 0 Å². The van der Waals surface area contributed by atoms with Gasteiger partial charge in [-0.2, -0.15) is 0 Å². The number of unbranched alkanes of at least 4 members (excludes halogenated alkanes) is 1.